The number of carbonyl (C=O) groups excluding carboxylic acids is 2. The van der Waals surface area contributed by atoms with Gasteiger partial charge in [0.15, 0.2) is 0 Å². The number of piperidine rings is 2. The van der Waals surface area contributed by atoms with Gasteiger partial charge >= 0.3 is 0 Å². The number of fused-ring (bicyclic) bond motifs is 1. The SMILES string of the molecule is O=C1CCC(n2ncc3cc(N4CCC5(CCC(N6CCN(c7ccc([N+](=O)[O-])cc7)CC6)C5)CC4)ccc3c2=O)C(=O)N1. The maximum atomic E-state index is 13.2. The summed E-state index contributed by atoms with van der Waals surface area (Å²) in [7, 11) is 0. The number of nitrogens with one attached hydrogen (secondary N) is 1. The molecule has 0 radical (unpaired) electrons. The predicted octanol–water partition coefficient (Wildman–Crippen LogP) is 3.24. The molecule has 2 atom stereocenters. The van der Waals surface area contributed by atoms with Crippen molar-refractivity contribution in [1.82, 2.24) is 20.0 Å². The minimum atomic E-state index is -0.767. The normalized spacial score (nSPS) is 24.2. The Hall–Kier alpha value is -4.32. The first-order chi connectivity index (χ1) is 21.3. The minimum Gasteiger partial charge on any atom is -0.371 e. The third-order valence-electron chi connectivity index (χ3n) is 10.4. The van der Waals surface area contributed by atoms with E-state index in [1.54, 1.807) is 18.3 Å². The van der Waals surface area contributed by atoms with E-state index in [0.717, 1.165) is 68.9 Å². The molecule has 1 spiro atoms. The van der Waals surface area contributed by atoms with Crippen LogP contribution in [-0.4, -0.2) is 76.7 Å². The Balaban J connectivity index is 0.948. The molecule has 1 N–H and O–H groups in total. The van der Waals surface area contributed by atoms with Crippen LogP contribution in [0.3, 0.4) is 0 Å². The molecule has 0 bridgehead atoms. The summed E-state index contributed by atoms with van der Waals surface area (Å²) in [5.74, 6) is -0.798. The molecule has 1 aromatic heterocycles. The van der Waals surface area contributed by atoms with Crippen LogP contribution in [-0.2, 0) is 9.59 Å². The molecule has 4 heterocycles. The van der Waals surface area contributed by atoms with E-state index in [2.05, 4.69) is 25.1 Å². The van der Waals surface area contributed by atoms with Gasteiger partial charge < -0.3 is 9.80 Å². The molecule has 44 heavy (non-hydrogen) atoms. The van der Waals surface area contributed by atoms with Gasteiger partial charge in [0.05, 0.1) is 16.5 Å². The second-order valence-electron chi connectivity index (χ2n) is 12.8. The van der Waals surface area contributed by atoms with Gasteiger partial charge in [0.1, 0.15) is 6.04 Å². The Morgan fingerprint density at radius 3 is 2.27 bits per heavy atom. The number of amides is 2. The van der Waals surface area contributed by atoms with Gasteiger partial charge in [0.2, 0.25) is 5.91 Å². The van der Waals surface area contributed by atoms with Gasteiger partial charge in [-0.3, -0.25) is 34.7 Å². The van der Waals surface area contributed by atoms with Crippen LogP contribution >= 0.6 is 0 Å². The zero-order chi connectivity index (χ0) is 30.4. The number of nitro groups is 1. The number of hydrogen-bond donors (Lipinski definition) is 1. The average Bonchev–Trinajstić information content (AvgIpc) is 3.45. The molecule has 2 unspecified atom stereocenters. The summed E-state index contributed by atoms with van der Waals surface area (Å²) in [6.45, 7) is 5.86. The molecule has 3 saturated heterocycles. The van der Waals surface area contributed by atoms with Crippen LogP contribution in [0.1, 0.15) is 51.0 Å². The highest BCUT2D eigenvalue weighted by Gasteiger charge is 2.43. The lowest BCUT2D eigenvalue weighted by Gasteiger charge is -2.42. The third-order valence-corrected chi connectivity index (χ3v) is 10.4. The fraction of sp³-hybridized carbons (Fsp3) is 0.500. The Morgan fingerprint density at radius 2 is 1.57 bits per heavy atom. The number of imide groups is 1. The van der Waals surface area contributed by atoms with Crippen molar-refractivity contribution >= 4 is 39.6 Å². The molecule has 2 aromatic carbocycles. The fourth-order valence-electron chi connectivity index (χ4n) is 7.80. The van der Waals surface area contributed by atoms with Gasteiger partial charge in [-0.25, -0.2) is 4.68 Å². The molecule has 1 aliphatic carbocycles. The maximum Gasteiger partial charge on any atom is 0.275 e. The largest absolute Gasteiger partial charge is 0.371 e. The first kappa shape index (κ1) is 28.5. The van der Waals surface area contributed by atoms with Crippen LogP contribution in [0.2, 0.25) is 0 Å². The Labute approximate surface area is 254 Å². The van der Waals surface area contributed by atoms with Crippen LogP contribution in [0, 0.1) is 15.5 Å². The number of nitro benzene ring substituents is 1. The summed E-state index contributed by atoms with van der Waals surface area (Å²) in [6.07, 6.45) is 8.15. The fourth-order valence-corrected chi connectivity index (χ4v) is 7.80. The van der Waals surface area contributed by atoms with Gasteiger partial charge in [-0.1, -0.05) is 0 Å². The zero-order valence-electron chi connectivity index (χ0n) is 24.7. The number of rotatable bonds is 5. The van der Waals surface area contributed by atoms with Crippen molar-refractivity contribution in [2.24, 2.45) is 5.41 Å². The molecule has 12 heteroatoms. The van der Waals surface area contributed by atoms with Gasteiger partial charge in [0, 0.05) is 80.6 Å². The van der Waals surface area contributed by atoms with E-state index < -0.39 is 11.9 Å². The van der Waals surface area contributed by atoms with Crippen molar-refractivity contribution in [1.29, 1.82) is 0 Å². The number of non-ortho nitro benzene ring substituents is 1. The van der Waals surface area contributed by atoms with Gasteiger partial charge in [-0.05, 0) is 74.3 Å². The molecule has 4 aliphatic rings. The average molecular weight is 600 g/mol. The number of nitrogens with zero attached hydrogens (tertiary/aromatic N) is 6. The quantitative estimate of drug-likeness (QED) is 0.267. The van der Waals surface area contributed by atoms with Gasteiger partial charge in [-0.15, -0.1) is 0 Å². The first-order valence-electron chi connectivity index (χ1n) is 15.6. The molecular weight excluding hydrogens is 562 g/mol. The number of anilines is 2. The molecule has 7 rings (SSSR count). The maximum absolute atomic E-state index is 13.2. The van der Waals surface area contributed by atoms with Gasteiger partial charge in [0.25, 0.3) is 17.2 Å². The van der Waals surface area contributed by atoms with Crippen molar-refractivity contribution in [3.8, 4) is 0 Å². The number of aromatic nitrogens is 2. The van der Waals surface area contributed by atoms with E-state index >= 15 is 0 Å². The minimum absolute atomic E-state index is 0.128. The summed E-state index contributed by atoms with van der Waals surface area (Å²) in [5.41, 5.74) is 2.33. The Kier molecular flexibility index (Phi) is 7.31. The molecule has 4 fully saturated rings. The smallest absolute Gasteiger partial charge is 0.275 e. The molecule has 1 saturated carbocycles. The third kappa shape index (κ3) is 5.31. The lowest BCUT2D eigenvalue weighted by molar-refractivity contribution is -0.384. The Morgan fingerprint density at radius 1 is 0.864 bits per heavy atom. The second-order valence-corrected chi connectivity index (χ2v) is 12.8. The molecule has 3 aliphatic heterocycles. The highest BCUT2D eigenvalue weighted by atomic mass is 16.6. The van der Waals surface area contributed by atoms with E-state index in [1.165, 1.54) is 23.9 Å². The highest BCUT2D eigenvalue weighted by molar-refractivity contribution is 5.99. The summed E-state index contributed by atoms with van der Waals surface area (Å²) in [4.78, 5) is 55.0. The zero-order valence-corrected chi connectivity index (χ0v) is 24.7. The monoisotopic (exact) mass is 599 g/mol. The van der Waals surface area contributed by atoms with Crippen LogP contribution in [0.15, 0.2) is 53.5 Å². The van der Waals surface area contributed by atoms with Crippen molar-refractivity contribution in [3.63, 3.8) is 0 Å². The van der Waals surface area contributed by atoms with E-state index in [-0.39, 0.29) is 34.9 Å². The highest BCUT2D eigenvalue weighted by Crippen LogP contribution is 2.48. The number of benzene rings is 2. The van der Waals surface area contributed by atoms with E-state index in [1.807, 2.05) is 30.3 Å². The lowest BCUT2D eigenvalue weighted by Crippen LogP contribution is -2.50. The standard InChI is InChI=1S/C32H37N7O5/c40-29-8-7-28(30(41)34-29)38-31(42)27-6-5-25(19-22(27)21-33-38)35-13-11-32(12-14-35)10-9-26(20-32)37-17-15-36(16-18-37)23-1-3-24(4-2-23)39(43)44/h1-6,19,21,26,28H,7-18,20H2,(H,34,40,41). The van der Waals surface area contributed by atoms with Crippen molar-refractivity contribution in [3.05, 3.63) is 69.1 Å². The molecule has 3 aromatic rings. The van der Waals surface area contributed by atoms with Crippen LogP contribution in [0.4, 0.5) is 17.1 Å². The molecule has 12 nitrogen and oxygen atoms in total. The molecular formula is C32H37N7O5. The second kappa shape index (κ2) is 11.3. The van der Waals surface area contributed by atoms with Gasteiger partial charge in [-0.2, -0.15) is 5.10 Å². The summed E-state index contributed by atoms with van der Waals surface area (Å²) in [6, 6.07) is 12.6. The number of carbonyl (C=O) groups is 2. The topological polar surface area (TPSA) is 134 Å². The summed E-state index contributed by atoms with van der Waals surface area (Å²) >= 11 is 0. The van der Waals surface area contributed by atoms with E-state index in [4.69, 9.17) is 0 Å². The summed E-state index contributed by atoms with van der Waals surface area (Å²) in [5, 5.41) is 18.9. The lowest BCUT2D eigenvalue weighted by atomic mass is 9.76. The number of hydrogen-bond acceptors (Lipinski definition) is 9. The first-order valence-corrected chi connectivity index (χ1v) is 15.6. The molecule has 2 amide bonds. The predicted molar refractivity (Wildman–Crippen MR) is 166 cm³/mol. The van der Waals surface area contributed by atoms with Crippen LogP contribution < -0.4 is 20.7 Å². The van der Waals surface area contributed by atoms with E-state index in [9.17, 15) is 24.5 Å². The van der Waals surface area contributed by atoms with Crippen molar-refractivity contribution in [2.45, 2.75) is 57.0 Å². The van der Waals surface area contributed by atoms with E-state index in [0.29, 0.717) is 16.8 Å². The van der Waals surface area contributed by atoms with Crippen LogP contribution in [0.5, 0.6) is 0 Å². The molecule has 230 valence electrons. The Bertz CT molecular complexity index is 1660. The van der Waals surface area contributed by atoms with Crippen molar-refractivity contribution < 1.29 is 14.5 Å². The number of piperazine rings is 1. The van der Waals surface area contributed by atoms with Crippen LogP contribution in [0.25, 0.3) is 10.8 Å². The summed E-state index contributed by atoms with van der Waals surface area (Å²) < 4.78 is 1.21. The van der Waals surface area contributed by atoms with Crippen molar-refractivity contribution in [2.75, 3.05) is 49.1 Å².